The zero-order valence-electron chi connectivity index (χ0n) is 14.6. The number of carboxylic acids is 1. The van der Waals surface area contributed by atoms with E-state index in [2.05, 4.69) is 6.92 Å². The van der Waals surface area contributed by atoms with Crippen LogP contribution in [0.5, 0.6) is 0 Å². The molecule has 128 valence electrons. The molecule has 0 aliphatic heterocycles. The Morgan fingerprint density at radius 2 is 1.95 bits per heavy atom. The van der Waals surface area contributed by atoms with E-state index < -0.39 is 23.7 Å². The predicted molar refractivity (Wildman–Crippen MR) is 85.8 cm³/mol. The van der Waals surface area contributed by atoms with Crippen LogP contribution in [0.4, 0.5) is 4.79 Å². The predicted octanol–water partition coefficient (Wildman–Crippen LogP) is 3.91. The first-order chi connectivity index (χ1) is 10.2. The molecule has 5 heteroatoms. The summed E-state index contributed by atoms with van der Waals surface area (Å²) in [5.74, 6) is -0.388. The molecule has 1 saturated carbocycles. The summed E-state index contributed by atoms with van der Waals surface area (Å²) >= 11 is 0. The van der Waals surface area contributed by atoms with Gasteiger partial charge in [-0.3, -0.25) is 4.90 Å². The number of hydrogen-bond donors (Lipinski definition) is 1. The minimum atomic E-state index is -0.918. The Kier molecular flexibility index (Phi) is 6.69. The van der Waals surface area contributed by atoms with Crippen molar-refractivity contribution >= 4 is 12.1 Å². The highest BCUT2D eigenvalue weighted by Crippen LogP contribution is 2.33. The molecule has 1 aliphatic carbocycles. The van der Waals surface area contributed by atoms with E-state index in [1.165, 1.54) is 4.90 Å². The first-order valence-electron chi connectivity index (χ1n) is 8.38. The number of amides is 1. The fraction of sp³-hybridized carbons (Fsp3) is 0.882. The lowest BCUT2D eigenvalue weighted by Crippen LogP contribution is -2.52. The van der Waals surface area contributed by atoms with Crippen molar-refractivity contribution in [3.05, 3.63) is 0 Å². The minimum Gasteiger partial charge on any atom is -0.480 e. The van der Waals surface area contributed by atoms with Gasteiger partial charge < -0.3 is 9.84 Å². The zero-order chi connectivity index (χ0) is 16.9. The van der Waals surface area contributed by atoms with Crippen LogP contribution in [0.25, 0.3) is 0 Å². The quantitative estimate of drug-likeness (QED) is 0.835. The molecule has 1 fully saturated rings. The van der Waals surface area contributed by atoms with Crippen molar-refractivity contribution in [1.82, 2.24) is 4.90 Å². The molecule has 1 amide bonds. The van der Waals surface area contributed by atoms with E-state index in [4.69, 9.17) is 4.74 Å². The molecule has 1 N–H and O–H groups in total. The van der Waals surface area contributed by atoms with Crippen LogP contribution in [0.2, 0.25) is 0 Å². The number of ether oxygens (including phenoxy) is 1. The van der Waals surface area contributed by atoms with Crippen molar-refractivity contribution in [3.63, 3.8) is 0 Å². The van der Waals surface area contributed by atoms with E-state index in [-0.39, 0.29) is 5.92 Å². The van der Waals surface area contributed by atoms with Gasteiger partial charge in [-0.05, 0) is 51.9 Å². The Hall–Kier alpha value is -1.26. The summed E-state index contributed by atoms with van der Waals surface area (Å²) in [6.07, 6.45) is 4.10. The first kappa shape index (κ1) is 18.8. The average molecular weight is 313 g/mol. The number of aliphatic carboxylic acids is 1. The highest BCUT2D eigenvalue weighted by Gasteiger charge is 2.39. The van der Waals surface area contributed by atoms with Gasteiger partial charge in [0, 0.05) is 6.54 Å². The summed E-state index contributed by atoms with van der Waals surface area (Å²) in [4.78, 5) is 25.7. The van der Waals surface area contributed by atoms with Gasteiger partial charge in [-0.2, -0.15) is 0 Å². The molecular formula is C17H31NO4. The van der Waals surface area contributed by atoms with Crippen molar-refractivity contribution in [2.45, 2.75) is 78.4 Å². The Balaban J connectivity index is 2.95. The van der Waals surface area contributed by atoms with Crippen molar-refractivity contribution in [2.75, 3.05) is 6.54 Å². The fourth-order valence-electron chi connectivity index (χ4n) is 3.26. The molecule has 22 heavy (non-hydrogen) atoms. The number of hydrogen-bond acceptors (Lipinski definition) is 3. The van der Waals surface area contributed by atoms with Crippen molar-refractivity contribution in [1.29, 1.82) is 0 Å². The molecule has 5 nitrogen and oxygen atoms in total. The van der Waals surface area contributed by atoms with Gasteiger partial charge in [0.1, 0.15) is 11.6 Å². The third-order valence-corrected chi connectivity index (χ3v) is 4.10. The number of carbonyl (C=O) groups excluding carboxylic acids is 1. The average Bonchev–Trinajstić information content (AvgIpc) is 2.35. The van der Waals surface area contributed by atoms with Gasteiger partial charge in [-0.15, -0.1) is 0 Å². The molecule has 1 aliphatic rings. The maximum absolute atomic E-state index is 12.5. The van der Waals surface area contributed by atoms with Crippen LogP contribution in [0.15, 0.2) is 0 Å². The van der Waals surface area contributed by atoms with E-state index in [1.807, 2.05) is 6.92 Å². The van der Waals surface area contributed by atoms with Crippen molar-refractivity contribution in [3.8, 4) is 0 Å². The molecular weight excluding hydrogens is 282 g/mol. The summed E-state index contributed by atoms with van der Waals surface area (Å²) in [5.41, 5.74) is -0.619. The number of rotatable bonds is 5. The minimum absolute atomic E-state index is 0.0142. The van der Waals surface area contributed by atoms with Crippen LogP contribution in [0.1, 0.15) is 66.7 Å². The van der Waals surface area contributed by atoms with Gasteiger partial charge in [0.25, 0.3) is 0 Å². The summed E-state index contributed by atoms with van der Waals surface area (Å²) in [6.45, 7) is 9.91. The third kappa shape index (κ3) is 5.50. The van der Waals surface area contributed by atoms with Gasteiger partial charge in [-0.1, -0.05) is 26.7 Å². The smallest absolute Gasteiger partial charge is 0.411 e. The highest BCUT2D eigenvalue weighted by molar-refractivity contribution is 5.80. The molecule has 0 aromatic carbocycles. The first-order valence-corrected chi connectivity index (χ1v) is 8.38. The molecule has 1 rings (SSSR count). The van der Waals surface area contributed by atoms with E-state index in [9.17, 15) is 14.7 Å². The van der Waals surface area contributed by atoms with Gasteiger partial charge in [0.2, 0.25) is 0 Å². The topological polar surface area (TPSA) is 66.8 Å². The summed E-state index contributed by atoms with van der Waals surface area (Å²) in [7, 11) is 0. The summed E-state index contributed by atoms with van der Waals surface area (Å²) in [6, 6.07) is -0.780. The fourth-order valence-corrected chi connectivity index (χ4v) is 3.26. The normalized spacial score (nSPS) is 23.7. The van der Waals surface area contributed by atoms with Crippen LogP contribution in [-0.2, 0) is 9.53 Å². The molecule has 0 spiro atoms. The molecule has 0 bridgehead atoms. The van der Waals surface area contributed by atoms with E-state index >= 15 is 0 Å². The maximum Gasteiger partial charge on any atom is 0.411 e. The van der Waals surface area contributed by atoms with Crippen LogP contribution in [0, 0.1) is 11.8 Å². The Morgan fingerprint density at radius 1 is 1.32 bits per heavy atom. The largest absolute Gasteiger partial charge is 0.480 e. The molecule has 3 unspecified atom stereocenters. The van der Waals surface area contributed by atoms with E-state index in [0.717, 1.165) is 25.7 Å². The van der Waals surface area contributed by atoms with E-state index in [0.29, 0.717) is 18.9 Å². The summed E-state index contributed by atoms with van der Waals surface area (Å²) in [5, 5.41) is 9.71. The molecule has 0 saturated heterocycles. The highest BCUT2D eigenvalue weighted by atomic mass is 16.6. The zero-order valence-corrected chi connectivity index (χ0v) is 14.6. The molecule has 0 aromatic rings. The summed E-state index contributed by atoms with van der Waals surface area (Å²) < 4.78 is 5.42. The second-order valence-corrected chi connectivity index (χ2v) is 7.49. The van der Waals surface area contributed by atoms with Gasteiger partial charge in [-0.25, -0.2) is 9.59 Å². The number of nitrogens with zero attached hydrogens (tertiary/aromatic N) is 1. The van der Waals surface area contributed by atoms with Gasteiger partial charge >= 0.3 is 12.1 Å². The van der Waals surface area contributed by atoms with Crippen LogP contribution < -0.4 is 0 Å². The van der Waals surface area contributed by atoms with E-state index in [1.54, 1.807) is 20.8 Å². The second-order valence-electron chi connectivity index (χ2n) is 7.49. The third-order valence-electron chi connectivity index (χ3n) is 4.10. The SMILES string of the molecule is CCCN(C(=O)OC(C)(C)C)C(C(=O)O)C1CCCC(C)C1. The van der Waals surface area contributed by atoms with Gasteiger partial charge in [0.15, 0.2) is 0 Å². The molecule has 3 atom stereocenters. The molecule has 0 aromatic heterocycles. The molecule has 0 heterocycles. The van der Waals surface area contributed by atoms with Crippen LogP contribution in [-0.4, -0.2) is 40.3 Å². The Bertz CT molecular complexity index is 389. The maximum atomic E-state index is 12.5. The molecule has 0 radical (unpaired) electrons. The lowest BCUT2D eigenvalue weighted by molar-refractivity contribution is -0.146. The Labute approximate surface area is 134 Å². The van der Waals surface area contributed by atoms with Crippen LogP contribution >= 0.6 is 0 Å². The second kappa shape index (κ2) is 7.84. The standard InChI is InChI=1S/C17H31NO4/c1-6-10-18(16(21)22-17(3,4)5)14(15(19)20)13-9-7-8-12(2)11-13/h12-14H,6-11H2,1-5H3,(H,19,20). The Morgan fingerprint density at radius 3 is 2.41 bits per heavy atom. The lowest BCUT2D eigenvalue weighted by Gasteiger charge is -2.38. The lowest BCUT2D eigenvalue weighted by atomic mass is 9.78. The monoisotopic (exact) mass is 313 g/mol. The van der Waals surface area contributed by atoms with Crippen LogP contribution in [0.3, 0.4) is 0 Å². The van der Waals surface area contributed by atoms with Gasteiger partial charge in [0.05, 0.1) is 0 Å². The number of carboxylic acid groups (broad SMARTS) is 1. The van der Waals surface area contributed by atoms with Crippen molar-refractivity contribution < 1.29 is 19.4 Å². The van der Waals surface area contributed by atoms with Crippen molar-refractivity contribution in [2.24, 2.45) is 11.8 Å². The number of carbonyl (C=O) groups is 2.